The second kappa shape index (κ2) is 16.4. The zero-order valence-electron chi connectivity index (χ0n) is 30.7. The second-order valence-electron chi connectivity index (χ2n) is 13.2. The van der Waals surface area contributed by atoms with Crippen LogP contribution in [0.4, 0.5) is 23.7 Å². The van der Waals surface area contributed by atoms with E-state index in [1.807, 2.05) is 0 Å². The molecule has 3 heterocycles. The molecular formula is C38H42F3N5O8S. The first-order valence-electron chi connectivity index (χ1n) is 18.0. The van der Waals surface area contributed by atoms with Gasteiger partial charge in [0, 0.05) is 63.0 Å². The van der Waals surface area contributed by atoms with Crippen LogP contribution in [0.1, 0.15) is 43.4 Å². The molecule has 0 spiro atoms. The number of hydrogen-bond donors (Lipinski definition) is 0. The Morgan fingerprint density at radius 3 is 2.31 bits per heavy atom. The summed E-state index contributed by atoms with van der Waals surface area (Å²) in [5.41, 5.74) is -4.63. The summed E-state index contributed by atoms with van der Waals surface area (Å²) in [7, 11) is -3.68. The number of carbonyl (C=O) groups excluding carboxylic acids is 2. The number of nitrogens with zero attached hydrogens (tertiary/aromatic N) is 5. The third kappa shape index (κ3) is 7.50. The number of piperazine rings is 1. The predicted molar refractivity (Wildman–Crippen MR) is 193 cm³/mol. The van der Waals surface area contributed by atoms with Gasteiger partial charge in [-0.05, 0) is 50.6 Å². The predicted octanol–water partition coefficient (Wildman–Crippen LogP) is 4.97. The van der Waals surface area contributed by atoms with Crippen LogP contribution in [0.5, 0.6) is 17.2 Å². The maximum Gasteiger partial charge on any atom is 0.411 e. The van der Waals surface area contributed by atoms with E-state index in [4.69, 9.17) is 18.9 Å². The third-order valence-electron chi connectivity index (χ3n) is 10.2. The molecule has 55 heavy (non-hydrogen) atoms. The van der Waals surface area contributed by atoms with Crippen molar-refractivity contribution in [2.75, 3.05) is 70.4 Å². The summed E-state index contributed by atoms with van der Waals surface area (Å²) < 4.78 is 94.8. The summed E-state index contributed by atoms with van der Waals surface area (Å²) >= 11 is 0. The van der Waals surface area contributed by atoms with Crippen LogP contribution in [0.3, 0.4) is 0 Å². The van der Waals surface area contributed by atoms with Gasteiger partial charge in [0.2, 0.25) is 5.60 Å². The molecule has 0 bridgehead atoms. The molecule has 3 aliphatic rings. The van der Waals surface area contributed by atoms with Crippen molar-refractivity contribution < 1.29 is 50.1 Å². The van der Waals surface area contributed by atoms with Crippen molar-refractivity contribution in [2.45, 2.75) is 49.7 Å². The lowest BCUT2D eigenvalue weighted by atomic mass is 9.85. The summed E-state index contributed by atoms with van der Waals surface area (Å²) in [5, 5.41) is 9.89. The van der Waals surface area contributed by atoms with E-state index in [-0.39, 0.29) is 52.9 Å². The van der Waals surface area contributed by atoms with Gasteiger partial charge < -0.3 is 28.7 Å². The van der Waals surface area contributed by atoms with Crippen LogP contribution < -0.4 is 18.5 Å². The van der Waals surface area contributed by atoms with Crippen LogP contribution in [0.2, 0.25) is 0 Å². The van der Waals surface area contributed by atoms with Gasteiger partial charge in [0.25, 0.3) is 22.4 Å². The Bertz CT molecular complexity index is 2070. The first kappa shape index (κ1) is 39.6. The zero-order chi connectivity index (χ0) is 39.5. The summed E-state index contributed by atoms with van der Waals surface area (Å²) in [4.78, 5) is 35.1. The van der Waals surface area contributed by atoms with Crippen molar-refractivity contribution in [3.8, 4) is 23.3 Å². The van der Waals surface area contributed by atoms with E-state index in [0.717, 1.165) is 44.9 Å². The number of nitriles is 1. The minimum atomic E-state index is -5.04. The number of anilines is 1. The number of piperidine rings is 1. The molecule has 0 N–H and O–H groups in total. The first-order valence-corrected chi connectivity index (χ1v) is 19.4. The van der Waals surface area contributed by atoms with E-state index < -0.39 is 68.2 Å². The Hall–Kier alpha value is -5.05. The SMILES string of the molecule is CCOc1cc(OC)ccc1S(=O)(=O)N1C(=O)C(OC(=O)N2CCC(N3CCN(CC)CC3)CC2)(c2ccccc2OCC(F)F)c2cc(C#N)c(F)cc21. The van der Waals surface area contributed by atoms with Gasteiger partial charge in [-0.15, -0.1) is 0 Å². The topological polar surface area (TPSA) is 142 Å². The Labute approximate surface area is 317 Å². The number of ether oxygens (including phenoxy) is 4. The molecule has 1 atom stereocenters. The molecular weight excluding hydrogens is 744 g/mol. The van der Waals surface area contributed by atoms with E-state index in [1.54, 1.807) is 13.0 Å². The zero-order valence-corrected chi connectivity index (χ0v) is 31.5. The number of fused-ring (bicyclic) bond motifs is 1. The van der Waals surface area contributed by atoms with Crippen LogP contribution in [0, 0.1) is 17.1 Å². The molecule has 0 aliphatic carbocycles. The highest BCUT2D eigenvalue weighted by Gasteiger charge is 2.61. The summed E-state index contributed by atoms with van der Waals surface area (Å²) in [6, 6.07) is 12.6. The Kier molecular flexibility index (Phi) is 11.8. The maximum absolute atomic E-state index is 15.5. The van der Waals surface area contributed by atoms with Gasteiger partial charge in [0.15, 0.2) is 0 Å². The molecule has 3 aromatic rings. The fraction of sp³-hybridized carbons (Fsp3) is 0.447. The molecule has 0 aromatic heterocycles. The van der Waals surface area contributed by atoms with Crippen molar-refractivity contribution in [2.24, 2.45) is 0 Å². The summed E-state index contributed by atoms with van der Waals surface area (Å²) in [6.07, 6.45) is -2.78. The van der Waals surface area contributed by atoms with Crippen LogP contribution in [0.25, 0.3) is 0 Å². The highest BCUT2D eigenvalue weighted by Crippen LogP contribution is 2.53. The summed E-state index contributed by atoms with van der Waals surface area (Å²) in [5.74, 6) is -2.86. The molecule has 2 saturated heterocycles. The van der Waals surface area contributed by atoms with Gasteiger partial charge in [-0.2, -0.15) is 9.57 Å². The smallest absolute Gasteiger partial charge is 0.411 e. The quantitative estimate of drug-likeness (QED) is 0.246. The number of sulfonamides is 1. The molecule has 0 saturated carbocycles. The molecule has 3 aromatic carbocycles. The van der Waals surface area contributed by atoms with Crippen molar-refractivity contribution >= 4 is 27.7 Å². The number of likely N-dealkylation sites (N-methyl/N-ethyl adjacent to an activating group) is 1. The van der Waals surface area contributed by atoms with Crippen LogP contribution in [0.15, 0.2) is 59.5 Å². The number of carbonyl (C=O) groups is 2. The third-order valence-corrected chi connectivity index (χ3v) is 12.0. The highest BCUT2D eigenvalue weighted by molar-refractivity contribution is 7.93. The second-order valence-corrected chi connectivity index (χ2v) is 15.0. The van der Waals surface area contributed by atoms with E-state index in [9.17, 15) is 27.3 Å². The number of para-hydroxylation sites is 1. The Morgan fingerprint density at radius 2 is 1.67 bits per heavy atom. The van der Waals surface area contributed by atoms with Crippen molar-refractivity contribution in [1.29, 1.82) is 5.26 Å². The molecule has 13 nitrogen and oxygen atoms in total. The van der Waals surface area contributed by atoms with Crippen LogP contribution >= 0.6 is 0 Å². The Morgan fingerprint density at radius 1 is 0.964 bits per heavy atom. The number of rotatable bonds is 12. The Balaban J connectivity index is 1.47. The number of halogens is 3. The van der Waals surface area contributed by atoms with E-state index in [0.29, 0.717) is 18.9 Å². The molecule has 2 amide bonds. The lowest BCUT2D eigenvalue weighted by molar-refractivity contribution is -0.132. The summed E-state index contributed by atoms with van der Waals surface area (Å²) in [6.45, 7) is 7.69. The van der Waals surface area contributed by atoms with Gasteiger partial charge in [-0.25, -0.2) is 26.4 Å². The first-order chi connectivity index (χ1) is 26.4. The fourth-order valence-corrected chi connectivity index (χ4v) is 8.97. The minimum absolute atomic E-state index is 0.0163. The molecule has 3 aliphatic heterocycles. The van der Waals surface area contributed by atoms with Crippen molar-refractivity contribution in [3.63, 3.8) is 0 Å². The van der Waals surface area contributed by atoms with Crippen molar-refractivity contribution in [1.82, 2.24) is 14.7 Å². The minimum Gasteiger partial charge on any atom is -0.497 e. The van der Waals surface area contributed by atoms with Crippen LogP contribution in [-0.2, 0) is 25.2 Å². The molecule has 6 rings (SSSR count). The number of amides is 2. The number of methoxy groups -OCH3 is 1. The standard InChI is InChI=1S/C38H42F3N5O8S/c1-4-43-16-18-44(19-17-43)26-12-14-45(15-13-26)37(48)54-38(28-8-6-7-9-32(28)53-24-35(40)41)29-20-25(23-42)30(39)22-31(29)46(36(38)47)55(49,50)34-11-10-27(51-3)21-33(34)52-5-2/h6-11,20-22,26,35H,4-5,12-19,24H2,1-3H3. The van der Waals surface area contributed by atoms with Crippen LogP contribution in [-0.4, -0.2) is 114 Å². The molecule has 2 fully saturated rings. The highest BCUT2D eigenvalue weighted by atomic mass is 32.2. The lowest BCUT2D eigenvalue weighted by Crippen LogP contribution is -2.54. The normalized spacial score (nSPS) is 19.6. The average Bonchev–Trinajstić information content (AvgIpc) is 3.43. The number of alkyl halides is 2. The van der Waals surface area contributed by atoms with Gasteiger partial charge in [-0.1, -0.05) is 25.1 Å². The number of hydrogen-bond acceptors (Lipinski definition) is 11. The van der Waals surface area contributed by atoms with Gasteiger partial charge >= 0.3 is 6.09 Å². The number of benzene rings is 3. The molecule has 0 radical (unpaired) electrons. The maximum atomic E-state index is 15.5. The number of likely N-dealkylation sites (tertiary alicyclic amines) is 1. The van der Waals surface area contributed by atoms with Crippen molar-refractivity contribution in [3.05, 3.63) is 77.1 Å². The average molecular weight is 786 g/mol. The lowest BCUT2D eigenvalue weighted by Gasteiger charge is -2.42. The largest absolute Gasteiger partial charge is 0.497 e. The molecule has 1 unspecified atom stereocenters. The fourth-order valence-electron chi connectivity index (χ4n) is 7.40. The van der Waals surface area contributed by atoms with E-state index in [1.165, 1.54) is 48.4 Å². The van der Waals surface area contributed by atoms with Gasteiger partial charge in [0.1, 0.15) is 40.6 Å². The molecule has 17 heteroatoms. The molecule has 294 valence electrons. The van der Waals surface area contributed by atoms with Gasteiger partial charge in [-0.3, -0.25) is 9.69 Å². The van der Waals surface area contributed by atoms with Gasteiger partial charge in [0.05, 0.1) is 30.5 Å². The van der Waals surface area contributed by atoms with E-state index >= 15 is 9.18 Å². The monoisotopic (exact) mass is 785 g/mol. The van der Waals surface area contributed by atoms with E-state index in [2.05, 4.69) is 16.7 Å².